The first kappa shape index (κ1) is 16.5. The molecule has 21 heavy (non-hydrogen) atoms. The molecule has 118 valence electrons. The molecule has 1 aliphatic rings. The fraction of sp³-hybridized carbons (Fsp3) is 0.667. The summed E-state index contributed by atoms with van der Waals surface area (Å²) in [6.07, 6.45) is 7.50. The molecule has 1 saturated carbocycles. The van der Waals surface area contributed by atoms with E-state index < -0.39 is 0 Å². The van der Waals surface area contributed by atoms with Gasteiger partial charge in [-0.15, -0.1) is 11.6 Å². The molecule has 0 heterocycles. The second-order valence-electron chi connectivity index (χ2n) is 5.92. The van der Waals surface area contributed by atoms with Gasteiger partial charge in [0.2, 0.25) is 0 Å². The summed E-state index contributed by atoms with van der Waals surface area (Å²) in [6, 6.07) is 6.00. The van der Waals surface area contributed by atoms with Crippen LogP contribution in [0.3, 0.4) is 0 Å². The molecule has 1 aromatic rings. The highest BCUT2D eigenvalue weighted by molar-refractivity contribution is 6.17. The Balaban J connectivity index is 2.00. The molecular weight excluding hydrogens is 284 g/mol. The Hall–Kier alpha value is -0.890. The first-order valence-corrected chi connectivity index (χ1v) is 8.78. The smallest absolute Gasteiger partial charge is 0.127 e. The van der Waals surface area contributed by atoms with Crippen molar-refractivity contribution in [2.45, 2.75) is 64.4 Å². The van der Waals surface area contributed by atoms with E-state index in [1.54, 1.807) is 0 Å². The summed E-state index contributed by atoms with van der Waals surface area (Å²) in [6.45, 7) is 5.13. The van der Waals surface area contributed by atoms with Gasteiger partial charge in [0.15, 0.2) is 0 Å². The molecule has 0 aliphatic heterocycles. The number of halogens is 1. The summed E-state index contributed by atoms with van der Waals surface area (Å²) >= 11 is 6.03. The van der Waals surface area contributed by atoms with Crippen molar-refractivity contribution in [2.24, 2.45) is 5.92 Å². The Morgan fingerprint density at radius 3 is 2.52 bits per heavy atom. The number of hydrogen-bond donors (Lipinski definition) is 0. The Kier molecular flexibility index (Phi) is 6.69. The Morgan fingerprint density at radius 2 is 1.90 bits per heavy atom. The minimum Gasteiger partial charge on any atom is -0.493 e. The van der Waals surface area contributed by atoms with Gasteiger partial charge in [0.05, 0.1) is 18.6 Å². The van der Waals surface area contributed by atoms with Crippen molar-refractivity contribution in [3.63, 3.8) is 0 Å². The Morgan fingerprint density at radius 1 is 1.14 bits per heavy atom. The first-order chi connectivity index (χ1) is 10.3. The largest absolute Gasteiger partial charge is 0.493 e. The van der Waals surface area contributed by atoms with Gasteiger partial charge in [0, 0.05) is 11.6 Å². The second kappa shape index (κ2) is 8.53. The summed E-state index contributed by atoms with van der Waals surface area (Å²) in [5.74, 6) is 3.14. The fourth-order valence-corrected chi connectivity index (χ4v) is 3.12. The van der Waals surface area contributed by atoms with Crippen LogP contribution in [0.15, 0.2) is 18.2 Å². The molecule has 0 aromatic heterocycles. The van der Waals surface area contributed by atoms with Crippen LogP contribution < -0.4 is 9.47 Å². The van der Waals surface area contributed by atoms with Gasteiger partial charge < -0.3 is 9.47 Å². The molecule has 1 aliphatic carbocycles. The topological polar surface area (TPSA) is 18.5 Å². The van der Waals surface area contributed by atoms with Crippen LogP contribution in [0.1, 0.15) is 57.9 Å². The lowest BCUT2D eigenvalue weighted by Crippen LogP contribution is -2.24. The summed E-state index contributed by atoms with van der Waals surface area (Å²) in [4.78, 5) is 0. The monoisotopic (exact) mass is 310 g/mol. The second-order valence-corrected chi connectivity index (χ2v) is 6.19. The van der Waals surface area contributed by atoms with Crippen molar-refractivity contribution >= 4 is 11.6 Å². The van der Waals surface area contributed by atoms with Crippen molar-refractivity contribution in [3.8, 4) is 11.5 Å². The third-order valence-electron chi connectivity index (χ3n) is 4.32. The molecule has 0 unspecified atom stereocenters. The normalized spacial score (nSPS) is 22.0. The maximum absolute atomic E-state index is 6.23. The average molecular weight is 311 g/mol. The van der Waals surface area contributed by atoms with Crippen LogP contribution in [0.2, 0.25) is 0 Å². The van der Waals surface area contributed by atoms with E-state index >= 15 is 0 Å². The van der Waals surface area contributed by atoms with Crippen molar-refractivity contribution in [3.05, 3.63) is 23.8 Å². The lowest BCUT2D eigenvalue weighted by Gasteiger charge is -2.29. The van der Waals surface area contributed by atoms with Crippen LogP contribution in [0.4, 0.5) is 0 Å². The zero-order valence-corrected chi connectivity index (χ0v) is 14.0. The molecule has 2 nitrogen and oxygen atoms in total. The van der Waals surface area contributed by atoms with E-state index in [4.69, 9.17) is 21.1 Å². The quantitative estimate of drug-likeness (QED) is 0.614. The van der Waals surface area contributed by atoms with Gasteiger partial charge in [-0.3, -0.25) is 0 Å². The van der Waals surface area contributed by atoms with E-state index in [1.807, 2.05) is 18.2 Å². The molecular formula is C18H27ClO2. The Bertz CT molecular complexity index is 425. The lowest BCUT2D eigenvalue weighted by molar-refractivity contribution is 0.128. The Labute approximate surface area is 133 Å². The molecule has 0 spiro atoms. The molecule has 1 aromatic carbocycles. The number of alkyl halides is 1. The molecule has 0 N–H and O–H groups in total. The van der Waals surface area contributed by atoms with Gasteiger partial charge in [0.25, 0.3) is 0 Å². The zero-order chi connectivity index (χ0) is 15.1. The summed E-state index contributed by atoms with van der Waals surface area (Å²) < 4.78 is 11.9. The third kappa shape index (κ3) is 4.81. The minimum absolute atomic E-state index is 0.330. The lowest BCUT2D eigenvalue weighted by atomic mass is 9.86. The highest BCUT2D eigenvalue weighted by Gasteiger charge is 2.22. The third-order valence-corrected chi connectivity index (χ3v) is 4.61. The molecule has 1 fully saturated rings. The standard InChI is InChI=1S/C18H27ClO2/c1-3-11-20-17-10-7-15(13-19)18(12-17)21-16-8-5-14(4-2)6-9-16/h7,10,12,14,16H,3-6,8-9,11,13H2,1-2H3. The van der Waals surface area contributed by atoms with Crippen molar-refractivity contribution in [2.75, 3.05) is 6.61 Å². The zero-order valence-electron chi connectivity index (χ0n) is 13.2. The maximum atomic E-state index is 6.23. The van der Waals surface area contributed by atoms with Crippen LogP contribution in [-0.2, 0) is 5.88 Å². The molecule has 0 radical (unpaired) electrons. The van der Waals surface area contributed by atoms with Gasteiger partial charge in [0.1, 0.15) is 11.5 Å². The van der Waals surface area contributed by atoms with E-state index in [2.05, 4.69) is 13.8 Å². The van der Waals surface area contributed by atoms with E-state index in [9.17, 15) is 0 Å². The predicted molar refractivity (Wildman–Crippen MR) is 88.5 cm³/mol. The van der Waals surface area contributed by atoms with Gasteiger partial charge in [-0.2, -0.15) is 0 Å². The predicted octanol–water partition coefficient (Wildman–Crippen LogP) is 5.56. The average Bonchev–Trinajstić information content (AvgIpc) is 2.54. The van der Waals surface area contributed by atoms with E-state index in [-0.39, 0.29) is 0 Å². The summed E-state index contributed by atoms with van der Waals surface area (Å²) in [5, 5.41) is 0. The van der Waals surface area contributed by atoms with E-state index in [0.717, 1.165) is 48.8 Å². The van der Waals surface area contributed by atoms with Crippen LogP contribution >= 0.6 is 11.6 Å². The van der Waals surface area contributed by atoms with Gasteiger partial charge in [-0.1, -0.05) is 26.3 Å². The maximum Gasteiger partial charge on any atom is 0.127 e. The SMILES string of the molecule is CCCOc1ccc(CCl)c(OC2CCC(CC)CC2)c1. The van der Waals surface area contributed by atoms with Crippen LogP contribution in [0.25, 0.3) is 0 Å². The molecule has 0 saturated heterocycles. The number of hydrogen-bond acceptors (Lipinski definition) is 2. The number of benzene rings is 1. The van der Waals surface area contributed by atoms with Crippen molar-refractivity contribution in [1.29, 1.82) is 0 Å². The van der Waals surface area contributed by atoms with Crippen molar-refractivity contribution in [1.82, 2.24) is 0 Å². The summed E-state index contributed by atoms with van der Waals surface area (Å²) in [5.41, 5.74) is 1.05. The molecule has 0 bridgehead atoms. The molecule has 0 amide bonds. The van der Waals surface area contributed by atoms with Crippen LogP contribution in [0, 0.1) is 5.92 Å². The van der Waals surface area contributed by atoms with E-state index in [0.29, 0.717) is 12.0 Å². The van der Waals surface area contributed by atoms with Crippen LogP contribution in [0.5, 0.6) is 11.5 Å². The first-order valence-electron chi connectivity index (χ1n) is 8.25. The minimum atomic E-state index is 0.330. The highest BCUT2D eigenvalue weighted by Crippen LogP contribution is 2.32. The highest BCUT2D eigenvalue weighted by atomic mass is 35.5. The van der Waals surface area contributed by atoms with Gasteiger partial charge in [-0.25, -0.2) is 0 Å². The molecule has 0 atom stereocenters. The summed E-state index contributed by atoms with van der Waals surface area (Å²) in [7, 11) is 0. The van der Waals surface area contributed by atoms with Gasteiger partial charge >= 0.3 is 0 Å². The fourth-order valence-electron chi connectivity index (χ4n) is 2.90. The number of rotatable bonds is 7. The van der Waals surface area contributed by atoms with Gasteiger partial charge in [-0.05, 0) is 44.1 Å². The molecule has 2 rings (SSSR count). The van der Waals surface area contributed by atoms with Crippen molar-refractivity contribution < 1.29 is 9.47 Å². The van der Waals surface area contributed by atoms with Crippen LogP contribution in [-0.4, -0.2) is 12.7 Å². The number of ether oxygens (including phenoxy) is 2. The van der Waals surface area contributed by atoms with E-state index in [1.165, 1.54) is 19.3 Å². The molecule has 3 heteroatoms.